The normalized spacial score (nSPS) is 12.5. The largest absolute Gasteiger partial charge is 0.480 e. The number of rotatable bonds is 15. The van der Waals surface area contributed by atoms with Crippen LogP contribution < -0.4 is 11.1 Å². The lowest BCUT2D eigenvalue weighted by Gasteiger charge is -2.13. The molecule has 0 heterocycles. The van der Waals surface area contributed by atoms with E-state index in [-0.39, 0.29) is 26.0 Å². The number of nitrogens with two attached hydrogens (primary N) is 1. The summed E-state index contributed by atoms with van der Waals surface area (Å²) >= 11 is 1.45. The first-order valence-electron chi connectivity index (χ1n) is 9.94. The first kappa shape index (κ1) is 30.2. The van der Waals surface area contributed by atoms with Crippen LogP contribution in [0.2, 0.25) is 0 Å². The lowest BCUT2D eigenvalue weighted by Crippen LogP contribution is -2.42. The molecule has 30 heavy (non-hydrogen) atoms. The number of hydrogen-bond donors (Lipinski definition) is 3. The maximum absolute atomic E-state index is 11.7. The zero-order valence-electron chi connectivity index (χ0n) is 18.1. The minimum Gasteiger partial charge on any atom is -0.480 e. The molecular weight excluding hydrogens is 400 g/mol. The van der Waals surface area contributed by atoms with E-state index in [4.69, 9.17) is 5.73 Å². The average molecular weight is 441 g/mol. The molecule has 6 nitrogen and oxygen atoms in total. The molecule has 0 spiro atoms. The number of amides is 2. The van der Waals surface area contributed by atoms with Crippen molar-refractivity contribution in [3.8, 4) is 0 Å². The predicted molar refractivity (Wildman–Crippen MR) is 127 cm³/mol. The van der Waals surface area contributed by atoms with Crippen molar-refractivity contribution in [3.05, 3.63) is 34.9 Å². The van der Waals surface area contributed by atoms with Crippen LogP contribution in [-0.2, 0) is 14.4 Å². The van der Waals surface area contributed by atoms with Gasteiger partial charge in [-0.3, -0.25) is 9.59 Å². The highest BCUT2D eigenvalue weighted by Gasteiger charge is 2.19. The summed E-state index contributed by atoms with van der Waals surface area (Å²) in [4.78, 5) is 33.6. The summed E-state index contributed by atoms with van der Waals surface area (Å²) in [7, 11) is 0. The van der Waals surface area contributed by atoms with Gasteiger partial charge in [-0.05, 0) is 53.4 Å². The van der Waals surface area contributed by atoms with E-state index in [1.54, 1.807) is 0 Å². The number of allylic oxidation sites excluding steroid dienone is 5. The van der Waals surface area contributed by atoms with Crippen molar-refractivity contribution in [2.24, 2.45) is 5.73 Å². The van der Waals surface area contributed by atoms with Crippen LogP contribution in [0, 0.1) is 0 Å². The second-order valence-corrected chi connectivity index (χ2v) is 8.50. The van der Waals surface area contributed by atoms with E-state index in [9.17, 15) is 19.5 Å². The Morgan fingerprint density at radius 1 is 0.933 bits per heavy atom. The fourth-order valence-electron chi connectivity index (χ4n) is 2.40. The van der Waals surface area contributed by atoms with E-state index in [0.29, 0.717) is 5.75 Å². The van der Waals surface area contributed by atoms with Gasteiger partial charge in [0.2, 0.25) is 11.8 Å². The Kier molecular flexibility index (Phi) is 17.9. The van der Waals surface area contributed by atoms with Gasteiger partial charge in [0.05, 0.1) is 0 Å². The molecule has 0 aliphatic carbocycles. The second-order valence-electron chi connectivity index (χ2n) is 7.42. The Morgan fingerprint density at radius 2 is 1.50 bits per heavy atom. The molecule has 0 fully saturated rings. The SMILES string of the molecule is C.CC(C)=CCC/C(C)=C/CC/C(C)=C/CSC[C@H](NC(=O)CCC(N)=O)C(=O)O. The minimum atomic E-state index is -1.08. The summed E-state index contributed by atoms with van der Waals surface area (Å²) in [5, 5.41) is 11.7. The van der Waals surface area contributed by atoms with Crippen molar-refractivity contribution in [2.75, 3.05) is 11.5 Å². The van der Waals surface area contributed by atoms with Gasteiger partial charge in [-0.1, -0.05) is 42.4 Å². The number of hydrogen-bond acceptors (Lipinski definition) is 4. The Balaban J connectivity index is 0. The van der Waals surface area contributed by atoms with Gasteiger partial charge in [-0.15, -0.1) is 0 Å². The summed E-state index contributed by atoms with van der Waals surface area (Å²) in [5.41, 5.74) is 9.01. The molecule has 172 valence electrons. The summed E-state index contributed by atoms with van der Waals surface area (Å²) in [6, 6.07) is -0.972. The molecule has 0 unspecified atom stereocenters. The highest BCUT2D eigenvalue weighted by Crippen LogP contribution is 2.13. The van der Waals surface area contributed by atoms with Gasteiger partial charge in [0.15, 0.2) is 0 Å². The number of carbonyl (C=O) groups excluding carboxylic acids is 2. The van der Waals surface area contributed by atoms with E-state index in [1.165, 1.54) is 28.5 Å². The molecule has 2 amide bonds. The minimum absolute atomic E-state index is 0. The number of primary amides is 1. The average Bonchev–Trinajstić information content (AvgIpc) is 2.61. The van der Waals surface area contributed by atoms with Crippen molar-refractivity contribution in [2.45, 2.75) is 79.7 Å². The Morgan fingerprint density at radius 3 is 2.03 bits per heavy atom. The molecule has 1 atom stereocenters. The number of carbonyl (C=O) groups is 3. The Bertz CT molecular complexity index is 635. The summed E-state index contributed by atoms with van der Waals surface area (Å²) < 4.78 is 0. The summed E-state index contributed by atoms with van der Waals surface area (Å²) in [5.74, 6) is -1.18. The second kappa shape index (κ2) is 17.8. The summed E-state index contributed by atoms with van der Waals surface area (Å²) in [6.45, 7) is 8.47. The number of carboxylic acids is 1. The molecule has 0 aromatic rings. The third kappa shape index (κ3) is 18.0. The molecule has 0 radical (unpaired) electrons. The quantitative estimate of drug-likeness (QED) is 0.254. The molecule has 0 bridgehead atoms. The van der Waals surface area contributed by atoms with Crippen LogP contribution in [0.15, 0.2) is 34.9 Å². The lowest BCUT2D eigenvalue weighted by molar-refractivity contribution is -0.141. The smallest absolute Gasteiger partial charge is 0.327 e. The predicted octanol–water partition coefficient (Wildman–Crippen LogP) is 4.61. The van der Waals surface area contributed by atoms with Crippen molar-refractivity contribution in [1.29, 1.82) is 0 Å². The molecule has 0 rings (SSSR count). The van der Waals surface area contributed by atoms with Gasteiger partial charge in [0.1, 0.15) is 6.04 Å². The molecule has 0 aliphatic rings. The molecule has 0 aromatic carbocycles. The van der Waals surface area contributed by atoms with E-state index < -0.39 is 23.8 Å². The van der Waals surface area contributed by atoms with Crippen molar-refractivity contribution in [3.63, 3.8) is 0 Å². The topological polar surface area (TPSA) is 109 Å². The third-order valence-electron chi connectivity index (χ3n) is 4.19. The zero-order valence-corrected chi connectivity index (χ0v) is 18.9. The summed E-state index contributed by atoms with van der Waals surface area (Å²) in [6.07, 6.45) is 10.6. The number of thioether (sulfide) groups is 1. The zero-order chi connectivity index (χ0) is 22.2. The molecule has 7 heteroatoms. The number of aliphatic carboxylic acids is 1. The van der Waals surface area contributed by atoms with Crippen LogP contribution in [0.5, 0.6) is 0 Å². The van der Waals surface area contributed by atoms with Crippen molar-refractivity contribution < 1.29 is 19.5 Å². The van der Waals surface area contributed by atoms with Crippen LogP contribution in [0.1, 0.15) is 73.6 Å². The standard InChI is InChI=1S/C22H36N2O4S.CH4/c1-16(2)7-5-8-17(3)9-6-10-18(4)13-14-29-15-19(22(27)28)24-21(26)12-11-20(23)25;/h7,9,13,19H,5-6,8,10-12,14-15H2,1-4H3,(H2,23,25)(H,24,26)(H,27,28);1H4/b17-9+,18-13+;/t19-;/m0./s1. The van der Waals surface area contributed by atoms with Gasteiger partial charge in [-0.2, -0.15) is 11.8 Å². The van der Waals surface area contributed by atoms with E-state index >= 15 is 0 Å². The van der Waals surface area contributed by atoms with Crippen LogP contribution in [-0.4, -0.2) is 40.4 Å². The van der Waals surface area contributed by atoms with E-state index in [1.807, 2.05) is 0 Å². The van der Waals surface area contributed by atoms with E-state index in [0.717, 1.165) is 25.7 Å². The number of carboxylic acid groups (broad SMARTS) is 1. The van der Waals surface area contributed by atoms with Crippen LogP contribution in [0.4, 0.5) is 0 Å². The van der Waals surface area contributed by atoms with Crippen molar-refractivity contribution in [1.82, 2.24) is 5.32 Å². The van der Waals surface area contributed by atoms with E-state index in [2.05, 4.69) is 51.2 Å². The van der Waals surface area contributed by atoms with Gasteiger partial charge in [0, 0.05) is 24.3 Å². The van der Waals surface area contributed by atoms with Gasteiger partial charge < -0.3 is 16.2 Å². The molecule has 0 aliphatic heterocycles. The first-order chi connectivity index (χ1) is 13.6. The lowest BCUT2D eigenvalue weighted by atomic mass is 10.1. The molecule has 0 saturated carbocycles. The maximum Gasteiger partial charge on any atom is 0.327 e. The molecule has 4 N–H and O–H groups in total. The fourth-order valence-corrected chi connectivity index (χ4v) is 3.40. The Labute approximate surface area is 186 Å². The van der Waals surface area contributed by atoms with Gasteiger partial charge >= 0.3 is 5.97 Å². The highest BCUT2D eigenvalue weighted by molar-refractivity contribution is 7.99. The molecule has 0 aromatic heterocycles. The van der Waals surface area contributed by atoms with Crippen LogP contribution >= 0.6 is 11.8 Å². The fraction of sp³-hybridized carbons (Fsp3) is 0.609. The van der Waals surface area contributed by atoms with Gasteiger partial charge in [-0.25, -0.2) is 4.79 Å². The Hall–Kier alpha value is -2.02. The third-order valence-corrected chi connectivity index (χ3v) is 5.16. The highest BCUT2D eigenvalue weighted by atomic mass is 32.2. The van der Waals surface area contributed by atoms with Crippen molar-refractivity contribution >= 4 is 29.5 Å². The molecular formula is C23H40N2O4S. The first-order valence-corrected chi connectivity index (χ1v) is 11.1. The van der Waals surface area contributed by atoms with Crippen LogP contribution in [0.3, 0.4) is 0 Å². The number of nitrogens with one attached hydrogen (secondary N) is 1. The maximum atomic E-state index is 11.7. The monoisotopic (exact) mass is 440 g/mol. The molecule has 0 saturated heterocycles. The van der Waals surface area contributed by atoms with Crippen LogP contribution in [0.25, 0.3) is 0 Å². The van der Waals surface area contributed by atoms with Gasteiger partial charge in [0.25, 0.3) is 0 Å².